The van der Waals surface area contributed by atoms with Crippen molar-refractivity contribution in [3.05, 3.63) is 29.1 Å². The molecule has 0 aliphatic carbocycles. The van der Waals surface area contributed by atoms with E-state index in [1.54, 1.807) is 0 Å². The maximum atomic E-state index is 5.90. The smallest absolute Gasteiger partial charge is 0.258 e. The van der Waals surface area contributed by atoms with Gasteiger partial charge in [0.1, 0.15) is 6.10 Å². The van der Waals surface area contributed by atoms with E-state index >= 15 is 0 Å². The van der Waals surface area contributed by atoms with Gasteiger partial charge in [-0.05, 0) is 37.1 Å². The zero-order valence-electron chi connectivity index (χ0n) is 11.5. The molecule has 6 heteroatoms. The summed E-state index contributed by atoms with van der Waals surface area (Å²) in [6.45, 7) is 4.78. The number of aryl methyl sites for hydroxylation is 1. The van der Waals surface area contributed by atoms with Crippen molar-refractivity contribution in [2.75, 3.05) is 23.8 Å². The molecular weight excluding hydrogens is 274 g/mol. The molecule has 1 unspecified atom stereocenters. The number of hydrogen-bond acceptors (Lipinski definition) is 6. The number of ether oxygens (including phenoxy) is 1. The summed E-state index contributed by atoms with van der Waals surface area (Å²) in [5.41, 5.74) is 9.71. The predicted octanol–water partition coefficient (Wildman–Crippen LogP) is 2.74. The molecule has 0 bridgehead atoms. The highest BCUT2D eigenvalue weighted by atomic mass is 32.2. The summed E-state index contributed by atoms with van der Waals surface area (Å²) in [5.74, 6) is 3.02. The van der Waals surface area contributed by atoms with Gasteiger partial charge in [0, 0.05) is 22.8 Å². The van der Waals surface area contributed by atoms with Crippen molar-refractivity contribution in [1.29, 1.82) is 0 Å². The summed E-state index contributed by atoms with van der Waals surface area (Å²) in [6, 6.07) is 3.81. The molecule has 1 aliphatic heterocycles. The fraction of sp³-hybridized carbons (Fsp3) is 0.429. The molecule has 0 spiro atoms. The second-order valence-electron chi connectivity index (χ2n) is 4.90. The van der Waals surface area contributed by atoms with E-state index in [0.717, 1.165) is 34.8 Å². The summed E-state index contributed by atoms with van der Waals surface area (Å²) < 4.78 is 11.0. The highest BCUT2D eigenvalue weighted by molar-refractivity contribution is 7.99. The van der Waals surface area contributed by atoms with Crippen LogP contribution in [-0.4, -0.2) is 28.3 Å². The number of thioether (sulfide) groups is 1. The van der Waals surface area contributed by atoms with Crippen LogP contribution in [0.15, 0.2) is 16.7 Å². The Hall–Kier alpha value is -1.53. The summed E-state index contributed by atoms with van der Waals surface area (Å²) in [7, 11) is 0. The molecule has 1 saturated heterocycles. The molecule has 1 atom stereocenters. The van der Waals surface area contributed by atoms with E-state index in [9.17, 15) is 0 Å². The van der Waals surface area contributed by atoms with Crippen molar-refractivity contribution in [3.8, 4) is 11.5 Å². The number of nitrogens with zero attached hydrogens (tertiary/aromatic N) is 2. The molecule has 106 valence electrons. The molecule has 5 nitrogen and oxygen atoms in total. The summed E-state index contributed by atoms with van der Waals surface area (Å²) in [5, 5.41) is 4.05. The summed E-state index contributed by atoms with van der Waals surface area (Å²) in [4.78, 5) is 4.48. The van der Waals surface area contributed by atoms with E-state index in [-0.39, 0.29) is 6.10 Å². The second kappa shape index (κ2) is 5.46. The Kier molecular flexibility index (Phi) is 3.67. The van der Waals surface area contributed by atoms with Gasteiger partial charge in [-0.15, -0.1) is 0 Å². The molecule has 0 saturated carbocycles. The predicted molar refractivity (Wildman–Crippen MR) is 79.6 cm³/mol. The lowest BCUT2D eigenvalue weighted by molar-refractivity contribution is 0.0677. The van der Waals surface area contributed by atoms with E-state index in [4.69, 9.17) is 15.0 Å². The lowest BCUT2D eigenvalue weighted by Crippen LogP contribution is -2.16. The summed E-state index contributed by atoms with van der Waals surface area (Å²) >= 11 is 1.84. The Morgan fingerprint density at radius 2 is 2.20 bits per heavy atom. The molecular formula is C14H17N3O2S. The van der Waals surface area contributed by atoms with E-state index in [0.29, 0.717) is 17.4 Å². The van der Waals surface area contributed by atoms with E-state index < -0.39 is 0 Å². The highest BCUT2D eigenvalue weighted by Crippen LogP contribution is 2.30. The van der Waals surface area contributed by atoms with Gasteiger partial charge in [-0.1, -0.05) is 5.16 Å². The fourth-order valence-corrected chi connectivity index (χ4v) is 3.06. The Bertz CT molecular complexity index is 621. The first-order valence-corrected chi connectivity index (χ1v) is 7.70. The molecule has 20 heavy (non-hydrogen) atoms. The zero-order chi connectivity index (χ0) is 14.1. The van der Waals surface area contributed by atoms with Crippen molar-refractivity contribution in [2.45, 2.75) is 20.0 Å². The first kappa shape index (κ1) is 13.5. The number of nitrogen functional groups attached to an aromatic ring is 1. The normalized spacial score (nSPS) is 19.2. The quantitative estimate of drug-likeness (QED) is 0.858. The Morgan fingerprint density at radius 1 is 1.35 bits per heavy atom. The van der Waals surface area contributed by atoms with Crippen LogP contribution in [0.25, 0.3) is 11.5 Å². The van der Waals surface area contributed by atoms with Crippen LogP contribution in [0.1, 0.15) is 23.1 Å². The van der Waals surface area contributed by atoms with Crippen molar-refractivity contribution in [3.63, 3.8) is 0 Å². The average Bonchev–Trinajstić information content (AvgIpc) is 2.93. The van der Waals surface area contributed by atoms with Gasteiger partial charge in [0.05, 0.1) is 6.61 Å². The van der Waals surface area contributed by atoms with Gasteiger partial charge < -0.3 is 15.0 Å². The molecule has 3 rings (SSSR count). The molecule has 1 aromatic heterocycles. The van der Waals surface area contributed by atoms with Crippen LogP contribution < -0.4 is 5.73 Å². The number of aromatic nitrogens is 2. The minimum Gasteiger partial charge on any atom is -0.399 e. The minimum atomic E-state index is -0.0753. The van der Waals surface area contributed by atoms with E-state index in [1.807, 2.05) is 37.7 Å². The van der Waals surface area contributed by atoms with Gasteiger partial charge in [0.15, 0.2) is 0 Å². The molecule has 2 N–H and O–H groups in total. The Balaban J connectivity index is 1.93. The Morgan fingerprint density at radius 3 is 2.95 bits per heavy atom. The standard InChI is InChI=1S/C14H17N3O2S/c1-8-5-10(15)6-11(9(8)2)14-16-13(17-19-14)12-7-20-4-3-18-12/h5-6,12H,3-4,7,15H2,1-2H3. The first-order valence-electron chi connectivity index (χ1n) is 6.55. The minimum absolute atomic E-state index is 0.0753. The van der Waals surface area contributed by atoms with Crippen LogP contribution in [0.3, 0.4) is 0 Å². The molecule has 1 aliphatic rings. The highest BCUT2D eigenvalue weighted by Gasteiger charge is 2.23. The van der Waals surface area contributed by atoms with Crippen molar-refractivity contribution < 1.29 is 9.26 Å². The van der Waals surface area contributed by atoms with E-state index in [2.05, 4.69) is 10.1 Å². The van der Waals surface area contributed by atoms with Gasteiger partial charge in [-0.25, -0.2) is 0 Å². The van der Waals surface area contributed by atoms with E-state index in [1.165, 1.54) is 0 Å². The van der Waals surface area contributed by atoms with Gasteiger partial charge in [-0.3, -0.25) is 0 Å². The summed E-state index contributed by atoms with van der Waals surface area (Å²) in [6.07, 6.45) is -0.0753. The Labute approximate surface area is 121 Å². The van der Waals surface area contributed by atoms with Crippen LogP contribution in [0.2, 0.25) is 0 Å². The van der Waals surface area contributed by atoms with Crippen LogP contribution in [0, 0.1) is 13.8 Å². The maximum absolute atomic E-state index is 5.90. The first-order chi connectivity index (χ1) is 9.65. The van der Waals surface area contributed by atoms with Gasteiger partial charge in [0.25, 0.3) is 5.89 Å². The van der Waals surface area contributed by atoms with Crippen LogP contribution >= 0.6 is 11.8 Å². The molecule has 0 radical (unpaired) electrons. The number of hydrogen-bond donors (Lipinski definition) is 1. The number of nitrogens with two attached hydrogens (primary N) is 1. The largest absolute Gasteiger partial charge is 0.399 e. The van der Waals surface area contributed by atoms with Gasteiger partial charge >= 0.3 is 0 Å². The van der Waals surface area contributed by atoms with Crippen molar-refractivity contribution in [1.82, 2.24) is 10.1 Å². The average molecular weight is 291 g/mol. The SMILES string of the molecule is Cc1cc(N)cc(-c2nc(C3CSCCO3)no2)c1C. The molecule has 0 amide bonds. The number of benzene rings is 1. The molecule has 2 aromatic rings. The van der Waals surface area contributed by atoms with Crippen LogP contribution in [-0.2, 0) is 4.74 Å². The molecule has 2 heterocycles. The third kappa shape index (κ3) is 2.53. The van der Waals surface area contributed by atoms with Gasteiger partial charge in [-0.2, -0.15) is 16.7 Å². The topological polar surface area (TPSA) is 74.2 Å². The number of rotatable bonds is 2. The third-order valence-electron chi connectivity index (χ3n) is 3.47. The number of anilines is 1. The lowest BCUT2D eigenvalue weighted by Gasteiger charge is -2.18. The van der Waals surface area contributed by atoms with Crippen LogP contribution in [0.5, 0.6) is 0 Å². The van der Waals surface area contributed by atoms with Crippen LogP contribution in [0.4, 0.5) is 5.69 Å². The third-order valence-corrected chi connectivity index (χ3v) is 4.46. The van der Waals surface area contributed by atoms with Gasteiger partial charge in [0.2, 0.25) is 5.82 Å². The molecule has 1 fully saturated rings. The monoisotopic (exact) mass is 291 g/mol. The van der Waals surface area contributed by atoms with Crippen molar-refractivity contribution in [2.24, 2.45) is 0 Å². The maximum Gasteiger partial charge on any atom is 0.258 e. The fourth-order valence-electron chi connectivity index (χ4n) is 2.22. The lowest BCUT2D eigenvalue weighted by atomic mass is 10.0. The molecule has 1 aromatic carbocycles. The van der Waals surface area contributed by atoms with Crippen molar-refractivity contribution >= 4 is 17.4 Å². The zero-order valence-corrected chi connectivity index (χ0v) is 12.4. The second-order valence-corrected chi connectivity index (χ2v) is 6.05.